The highest BCUT2D eigenvalue weighted by Crippen LogP contribution is 2.24. The number of piperazine rings is 1. The van der Waals surface area contributed by atoms with Crippen LogP contribution in [-0.4, -0.2) is 60.2 Å². The number of benzene rings is 1. The minimum Gasteiger partial charge on any atom is -0.356 e. The van der Waals surface area contributed by atoms with Crippen LogP contribution in [0.4, 0.5) is 22.1 Å². The normalized spacial score (nSPS) is 17.0. The number of nitrogens with zero attached hydrogens (tertiary/aromatic N) is 5. The standard InChI is InChI=1S/C22H30N6O/c1-16-6-7-17(2)19(14-16)25-22(29)28-12-10-27(11-13-28)21-15-20(23-18(3)24-21)26-8-4-5-9-26/h6-7,14-15H,4-5,8-13H2,1-3H3,(H,25,29). The molecule has 2 saturated heterocycles. The largest absolute Gasteiger partial charge is 0.356 e. The minimum absolute atomic E-state index is 0.0324. The highest BCUT2D eigenvalue weighted by atomic mass is 16.2. The fourth-order valence-electron chi connectivity index (χ4n) is 4.01. The lowest BCUT2D eigenvalue weighted by Crippen LogP contribution is -2.50. The van der Waals surface area contributed by atoms with Crippen molar-refractivity contribution in [2.45, 2.75) is 33.6 Å². The zero-order valence-corrected chi connectivity index (χ0v) is 17.6. The van der Waals surface area contributed by atoms with Gasteiger partial charge in [0, 0.05) is 51.0 Å². The van der Waals surface area contributed by atoms with E-state index in [4.69, 9.17) is 0 Å². The summed E-state index contributed by atoms with van der Waals surface area (Å²) in [5.74, 6) is 2.80. The zero-order chi connectivity index (χ0) is 20.4. The van der Waals surface area contributed by atoms with Crippen molar-refractivity contribution in [2.75, 3.05) is 54.4 Å². The molecule has 7 nitrogen and oxygen atoms in total. The zero-order valence-electron chi connectivity index (χ0n) is 17.6. The van der Waals surface area contributed by atoms with Crippen LogP contribution in [0.2, 0.25) is 0 Å². The fourth-order valence-corrected chi connectivity index (χ4v) is 4.01. The number of urea groups is 1. The van der Waals surface area contributed by atoms with Gasteiger partial charge in [0.1, 0.15) is 17.5 Å². The van der Waals surface area contributed by atoms with Crippen molar-refractivity contribution in [3.05, 3.63) is 41.2 Å². The van der Waals surface area contributed by atoms with Gasteiger partial charge in [0.15, 0.2) is 0 Å². The first-order valence-corrected chi connectivity index (χ1v) is 10.5. The third-order valence-electron chi connectivity index (χ3n) is 5.77. The number of rotatable bonds is 3. The van der Waals surface area contributed by atoms with E-state index in [1.165, 1.54) is 12.8 Å². The number of aromatic nitrogens is 2. The molecule has 0 saturated carbocycles. The van der Waals surface area contributed by atoms with Gasteiger partial charge in [-0.05, 0) is 50.8 Å². The van der Waals surface area contributed by atoms with Crippen molar-refractivity contribution < 1.29 is 4.79 Å². The molecule has 3 heterocycles. The lowest BCUT2D eigenvalue weighted by Gasteiger charge is -2.35. The lowest BCUT2D eigenvalue weighted by molar-refractivity contribution is 0.208. The molecule has 0 unspecified atom stereocenters. The molecule has 154 valence electrons. The maximum atomic E-state index is 12.7. The second-order valence-electron chi connectivity index (χ2n) is 8.05. The smallest absolute Gasteiger partial charge is 0.321 e. The second kappa shape index (κ2) is 8.27. The molecule has 2 amide bonds. The average Bonchev–Trinajstić information content (AvgIpc) is 3.25. The first-order valence-electron chi connectivity index (χ1n) is 10.5. The van der Waals surface area contributed by atoms with Gasteiger partial charge in [-0.25, -0.2) is 14.8 Å². The van der Waals surface area contributed by atoms with E-state index in [1.54, 1.807) is 0 Å². The van der Waals surface area contributed by atoms with E-state index < -0.39 is 0 Å². The van der Waals surface area contributed by atoms with Crippen LogP contribution in [-0.2, 0) is 0 Å². The third-order valence-corrected chi connectivity index (χ3v) is 5.77. The molecule has 7 heteroatoms. The summed E-state index contributed by atoms with van der Waals surface area (Å²) in [6, 6.07) is 8.19. The Bertz CT molecular complexity index is 885. The molecule has 1 aromatic carbocycles. The number of carbonyl (C=O) groups is 1. The Balaban J connectivity index is 1.39. The molecule has 0 radical (unpaired) electrons. The van der Waals surface area contributed by atoms with Gasteiger partial charge >= 0.3 is 6.03 Å². The van der Waals surface area contributed by atoms with Gasteiger partial charge in [-0.15, -0.1) is 0 Å². The Morgan fingerprint density at radius 1 is 0.862 bits per heavy atom. The molecule has 1 aromatic heterocycles. The molecular formula is C22H30N6O. The molecule has 29 heavy (non-hydrogen) atoms. The number of hydrogen-bond acceptors (Lipinski definition) is 5. The summed E-state index contributed by atoms with van der Waals surface area (Å²) in [4.78, 5) is 28.5. The van der Waals surface area contributed by atoms with Gasteiger partial charge in [0.05, 0.1) is 0 Å². The lowest BCUT2D eigenvalue weighted by atomic mass is 10.1. The number of carbonyl (C=O) groups excluding carboxylic acids is 1. The summed E-state index contributed by atoms with van der Waals surface area (Å²) in [7, 11) is 0. The van der Waals surface area contributed by atoms with Crippen molar-refractivity contribution in [3.63, 3.8) is 0 Å². The van der Waals surface area contributed by atoms with Crippen LogP contribution in [0.15, 0.2) is 24.3 Å². The predicted molar refractivity (Wildman–Crippen MR) is 117 cm³/mol. The minimum atomic E-state index is -0.0324. The van der Waals surface area contributed by atoms with Gasteiger partial charge in [0.25, 0.3) is 0 Å². The maximum absolute atomic E-state index is 12.7. The van der Waals surface area contributed by atoms with Crippen LogP contribution in [0.1, 0.15) is 29.8 Å². The summed E-state index contributed by atoms with van der Waals surface area (Å²) < 4.78 is 0. The molecule has 0 aliphatic carbocycles. The van der Waals surface area contributed by atoms with Crippen LogP contribution >= 0.6 is 0 Å². The predicted octanol–water partition coefficient (Wildman–Crippen LogP) is 3.36. The highest BCUT2D eigenvalue weighted by Gasteiger charge is 2.24. The summed E-state index contributed by atoms with van der Waals surface area (Å²) in [6.45, 7) is 11.1. The molecule has 0 spiro atoms. The van der Waals surface area contributed by atoms with Crippen LogP contribution < -0.4 is 15.1 Å². The van der Waals surface area contributed by atoms with Crippen molar-refractivity contribution in [1.82, 2.24) is 14.9 Å². The van der Waals surface area contributed by atoms with Crippen LogP contribution in [0.3, 0.4) is 0 Å². The van der Waals surface area contributed by atoms with E-state index >= 15 is 0 Å². The molecular weight excluding hydrogens is 364 g/mol. The molecule has 2 fully saturated rings. The summed E-state index contributed by atoms with van der Waals surface area (Å²) in [5.41, 5.74) is 3.11. The fraction of sp³-hybridized carbons (Fsp3) is 0.500. The van der Waals surface area contributed by atoms with E-state index in [9.17, 15) is 4.79 Å². The van der Waals surface area contributed by atoms with E-state index in [2.05, 4.69) is 37.2 Å². The number of amides is 2. The number of anilines is 3. The van der Waals surface area contributed by atoms with E-state index in [0.29, 0.717) is 13.1 Å². The second-order valence-corrected chi connectivity index (χ2v) is 8.05. The van der Waals surface area contributed by atoms with Crippen LogP contribution in [0.25, 0.3) is 0 Å². The molecule has 0 bridgehead atoms. The molecule has 4 rings (SSSR count). The van der Waals surface area contributed by atoms with Gasteiger partial charge in [-0.2, -0.15) is 0 Å². The van der Waals surface area contributed by atoms with Crippen molar-refractivity contribution >= 4 is 23.4 Å². The molecule has 1 N–H and O–H groups in total. The first kappa shape index (κ1) is 19.5. The first-order chi connectivity index (χ1) is 14.0. The summed E-state index contributed by atoms with van der Waals surface area (Å²) in [5, 5.41) is 3.07. The number of aryl methyl sites for hydroxylation is 3. The Labute approximate surface area is 172 Å². The van der Waals surface area contributed by atoms with Crippen molar-refractivity contribution in [2.24, 2.45) is 0 Å². The molecule has 2 aliphatic rings. The Morgan fingerprint density at radius 3 is 2.14 bits per heavy atom. The highest BCUT2D eigenvalue weighted by molar-refractivity contribution is 5.90. The molecule has 2 aromatic rings. The molecule has 2 aliphatic heterocycles. The van der Waals surface area contributed by atoms with Gasteiger partial charge in [-0.3, -0.25) is 0 Å². The van der Waals surface area contributed by atoms with Crippen LogP contribution in [0, 0.1) is 20.8 Å². The monoisotopic (exact) mass is 394 g/mol. The summed E-state index contributed by atoms with van der Waals surface area (Å²) >= 11 is 0. The van der Waals surface area contributed by atoms with Crippen molar-refractivity contribution in [3.8, 4) is 0 Å². The number of hydrogen-bond donors (Lipinski definition) is 1. The van der Waals surface area contributed by atoms with Gasteiger partial charge in [0.2, 0.25) is 0 Å². The van der Waals surface area contributed by atoms with Gasteiger partial charge < -0.3 is 20.0 Å². The average molecular weight is 395 g/mol. The van der Waals surface area contributed by atoms with Crippen molar-refractivity contribution in [1.29, 1.82) is 0 Å². The topological polar surface area (TPSA) is 64.6 Å². The van der Waals surface area contributed by atoms with E-state index in [0.717, 1.165) is 60.5 Å². The molecule has 0 atom stereocenters. The maximum Gasteiger partial charge on any atom is 0.321 e. The van der Waals surface area contributed by atoms with E-state index in [1.807, 2.05) is 37.8 Å². The van der Waals surface area contributed by atoms with E-state index in [-0.39, 0.29) is 6.03 Å². The van der Waals surface area contributed by atoms with Crippen LogP contribution in [0.5, 0.6) is 0 Å². The third kappa shape index (κ3) is 4.44. The summed E-state index contributed by atoms with van der Waals surface area (Å²) in [6.07, 6.45) is 2.46. The Morgan fingerprint density at radius 2 is 1.48 bits per heavy atom. The SMILES string of the molecule is Cc1ccc(C)c(NC(=O)N2CCN(c3cc(N4CCCC4)nc(C)n3)CC2)c1. The quantitative estimate of drug-likeness (QED) is 0.865. The number of nitrogens with one attached hydrogen (secondary N) is 1. The Kier molecular flexibility index (Phi) is 5.56. The van der Waals surface area contributed by atoms with Gasteiger partial charge in [-0.1, -0.05) is 12.1 Å². The Hall–Kier alpha value is -2.83.